The van der Waals surface area contributed by atoms with Gasteiger partial charge >= 0.3 is 0 Å². The number of anilines is 1. The molecule has 2 aromatic carbocycles. The Morgan fingerprint density at radius 2 is 1.70 bits per heavy atom. The first-order chi connectivity index (χ1) is 15.5. The van der Waals surface area contributed by atoms with Crippen LogP contribution in [-0.2, 0) is 14.8 Å². The monoisotopic (exact) mass is 495 g/mol. The van der Waals surface area contributed by atoms with Crippen LogP contribution in [0.15, 0.2) is 41.3 Å². The molecule has 3 rings (SSSR count). The highest BCUT2D eigenvalue weighted by Crippen LogP contribution is 2.32. The highest BCUT2D eigenvalue weighted by atomic mass is 35.5. The van der Waals surface area contributed by atoms with Gasteiger partial charge in [-0.15, -0.1) is 0 Å². The number of hydrogen-bond acceptors (Lipinski definition) is 6. The first-order valence-corrected chi connectivity index (χ1v) is 12.1. The van der Waals surface area contributed by atoms with Crippen LogP contribution in [0.2, 0.25) is 5.02 Å². The maximum Gasteiger partial charge on any atom is 0.253 e. The Balaban J connectivity index is 1.80. The minimum atomic E-state index is -3.77. The van der Waals surface area contributed by atoms with Gasteiger partial charge in [-0.2, -0.15) is 0 Å². The van der Waals surface area contributed by atoms with E-state index in [1.54, 1.807) is 32.0 Å². The summed E-state index contributed by atoms with van der Waals surface area (Å²) in [4.78, 5) is 25.8. The fourth-order valence-electron chi connectivity index (χ4n) is 3.14. The summed E-state index contributed by atoms with van der Waals surface area (Å²) >= 11 is 6.17. The molecule has 0 saturated carbocycles. The number of carbonyl (C=O) groups excluding carboxylic acids is 2. The second-order valence-corrected chi connectivity index (χ2v) is 10.5. The molecule has 1 heterocycles. The largest absolute Gasteiger partial charge is 0.486 e. The Morgan fingerprint density at radius 3 is 2.33 bits per heavy atom. The lowest BCUT2D eigenvalue weighted by Gasteiger charge is -2.23. The van der Waals surface area contributed by atoms with E-state index in [2.05, 4.69) is 10.6 Å². The number of sulfonamides is 1. The van der Waals surface area contributed by atoms with Crippen LogP contribution in [0.4, 0.5) is 5.69 Å². The lowest BCUT2D eigenvalue weighted by atomic mass is 10.0. The highest BCUT2D eigenvalue weighted by Gasteiger charge is 2.27. The molecular weight excluding hydrogens is 470 g/mol. The molecule has 0 unspecified atom stereocenters. The average molecular weight is 496 g/mol. The van der Waals surface area contributed by atoms with Crippen LogP contribution < -0.4 is 20.1 Å². The predicted octanol–water partition coefficient (Wildman–Crippen LogP) is 2.75. The number of fused-ring (bicyclic) bond motifs is 1. The molecule has 1 aliphatic heterocycles. The number of benzene rings is 2. The standard InChI is InChI=1S/C22H26ClN3O6S/c1-13(2)20(22(28)24-14-5-8-18-19(11-14)32-10-9-31-18)25-21(27)16-12-15(6-7-17(16)23)33(29,30)26(3)4/h5-8,11-13,20H,9-10H2,1-4H3,(H,24,28)(H,25,27)/t20-/m0/s1. The number of halogens is 1. The molecule has 1 aliphatic rings. The van der Waals surface area contributed by atoms with Crippen molar-refractivity contribution < 1.29 is 27.5 Å². The number of rotatable bonds is 7. The quantitative estimate of drug-likeness (QED) is 0.610. The van der Waals surface area contributed by atoms with Gasteiger partial charge in [0.1, 0.15) is 19.3 Å². The lowest BCUT2D eigenvalue weighted by Crippen LogP contribution is -2.47. The zero-order chi connectivity index (χ0) is 24.3. The normalized spacial score (nSPS) is 14.2. The molecule has 178 valence electrons. The predicted molar refractivity (Wildman–Crippen MR) is 124 cm³/mol. The molecule has 1 atom stereocenters. The van der Waals surface area contributed by atoms with Crippen LogP contribution in [0, 0.1) is 5.92 Å². The van der Waals surface area contributed by atoms with Crippen molar-refractivity contribution in [1.82, 2.24) is 9.62 Å². The van der Waals surface area contributed by atoms with Crippen LogP contribution in [-0.4, -0.2) is 57.9 Å². The topological polar surface area (TPSA) is 114 Å². The van der Waals surface area contributed by atoms with Crippen molar-refractivity contribution in [2.75, 3.05) is 32.6 Å². The van der Waals surface area contributed by atoms with Crippen molar-refractivity contribution in [1.29, 1.82) is 0 Å². The minimum absolute atomic E-state index is 0.0441. The van der Waals surface area contributed by atoms with Gasteiger partial charge in [-0.3, -0.25) is 9.59 Å². The van der Waals surface area contributed by atoms with Gasteiger partial charge in [0.15, 0.2) is 11.5 Å². The van der Waals surface area contributed by atoms with Crippen molar-refractivity contribution in [3.8, 4) is 11.5 Å². The maximum atomic E-state index is 13.0. The van der Waals surface area contributed by atoms with Gasteiger partial charge in [0.25, 0.3) is 5.91 Å². The first-order valence-electron chi connectivity index (χ1n) is 10.2. The zero-order valence-corrected chi connectivity index (χ0v) is 20.3. The molecule has 0 spiro atoms. The second kappa shape index (κ2) is 9.98. The van der Waals surface area contributed by atoms with Crippen molar-refractivity contribution >= 4 is 39.1 Å². The maximum absolute atomic E-state index is 13.0. The van der Waals surface area contributed by atoms with Crippen molar-refractivity contribution in [3.63, 3.8) is 0 Å². The van der Waals surface area contributed by atoms with E-state index in [1.807, 2.05) is 0 Å². The Bertz CT molecular complexity index is 1170. The third kappa shape index (κ3) is 5.58. The number of ether oxygens (including phenoxy) is 2. The summed E-state index contributed by atoms with van der Waals surface area (Å²) in [6.45, 7) is 4.43. The van der Waals surface area contributed by atoms with Gasteiger partial charge < -0.3 is 20.1 Å². The molecule has 9 nitrogen and oxygen atoms in total. The zero-order valence-electron chi connectivity index (χ0n) is 18.7. The molecule has 33 heavy (non-hydrogen) atoms. The van der Waals surface area contributed by atoms with Gasteiger partial charge in [0.2, 0.25) is 15.9 Å². The van der Waals surface area contributed by atoms with E-state index in [0.717, 1.165) is 4.31 Å². The van der Waals surface area contributed by atoms with Crippen LogP contribution in [0.1, 0.15) is 24.2 Å². The number of hydrogen-bond donors (Lipinski definition) is 2. The van der Waals surface area contributed by atoms with E-state index < -0.39 is 27.9 Å². The second-order valence-electron chi connectivity index (χ2n) is 7.97. The summed E-state index contributed by atoms with van der Waals surface area (Å²) in [6, 6.07) is 7.98. The Hall–Kier alpha value is -2.82. The SMILES string of the molecule is CC(C)[C@H](NC(=O)c1cc(S(=O)(=O)N(C)C)ccc1Cl)C(=O)Nc1ccc2c(c1)OCCO2. The molecule has 0 bridgehead atoms. The molecule has 0 radical (unpaired) electrons. The van der Waals surface area contributed by atoms with Gasteiger partial charge in [0, 0.05) is 25.8 Å². The van der Waals surface area contributed by atoms with E-state index >= 15 is 0 Å². The number of amides is 2. The summed E-state index contributed by atoms with van der Waals surface area (Å²) < 4.78 is 36.9. The summed E-state index contributed by atoms with van der Waals surface area (Å²) in [7, 11) is -0.987. The Morgan fingerprint density at radius 1 is 1.03 bits per heavy atom. The van der Waals surface area contributed by atoms with E-state index in [9.17, 15) is 18.0 Å². The van der Waals surface area contributed by atoms with Crippen LogP contribution in [0.5, 0.6) is 11.5 Å². The molecule has 2 aromatic rings. The van der Waals surface area contributed by atoms with Crippen LogP contribution in [0.3, 0.4) is 0 Å². The van der Waals surface area contributed by atoms with Crippen molar-refractivity contribution in [3.05, 3.63) is 47.0 Å². The smallest absolute Gasteiger partial charge is 0.253 e. The molecule has 0 saturated heterocycles. The van der Waals surface area contributed by atoms with E-state index in [4.69, 9.17) is 21.1 Å². The third-order valence-electron chi connectivity index (χ3n) is 5.01. The van der Waals surface area contributed by atoms with Crippen molar-refractivity contribution in [2.45, 2.75) is 24.8 Å². The average Bonchev–Trinajstić information content (AvgIpc) is 2.76. The summed E-state index contributed by atoms with van der Waals surface area (Å²) in [5, 5.41) is 5.50. The molecule has 0 aromatic heterocycles. The molecule has 0 fully saturated rings. The third-order valence-corrected chi connectivity index (χ3v) is 7.15. The fourth-order valence-corrected chi connectivity index (χ4v) is 4.28. The van der Waals surface area contributed by atoms with Gasteiger partial charge in [0.05, 0.1) is 15.5 Å². The number of nitrogens with one attached hydrogen (secondary N) is 2. The lowest BCUT2D eigenvalue weighted by molar-refractivity contribution is -0.118. The fraction of sp³-hybridized carbons (Fsp3) is 0.364. The van der Waals surface area contributed by atoms with Gasteiger partial charge in [-0.25, -0.2) is 12.7 Å². The van der Waals surface area contributed by atoms with E-state index in [1.165, 1.54) is 32.3 Å². The molecular formula is C22H26ClN3O6S. The van der Waals surface area contributed by atoms with Crippen LogP contribution >= 0.6 is 11.6 Å². The van der Waals surface area contributed by atoms with Crippen LogP contribution in [0.25, 0.3) is 0 Å². The molecule has 0 aliphatic carbocycles. The number of carbonyl (C=O) groups is 2. The summed E-state index contributed by atoms with van der Waals surface area (Å²) in [5.74, 6) is -0.251. The first kappa shape index (κ1) is 24.8. The molecule has 2 N–H and O–H groups in total. The molecule has 2 amide bonds. The highest BCUT2D eigenvalue weighted by molar-refractivity contribution is 7.89. The summed E-state index contributed by atoms with van der Waals surface area (Å²) in [6.07, 6.45) is 0. The Kier molecular flexibility index (Phi) is 7.51. The molecule has 11 heteroatoms. The Labute approximate surface area is 198 Å². The minimum Gasteiger partial charge on any atom is -0.486 e. The van der Waals surface area contributed by atoms with Gasteiger partial charge in [-0.05, 0) is 36.2 Å². The van der Waals surface area contributed by atoms with Gasteiger partial charge in [-0.1, -0.05) is 25.4 Å². The van der Waals surface area contributed by atoms with E-state index in [0.29, 0.717) is 30.4 Å². The summed E-state index contributed by atoms with van der Waals surface area (Å²) in [5.41, 5.74) is 0.443. The number of nitrogens with zero attached hydrogens (tertiary/aromatic N) is 1. The van der Waals surface area contributed by atoms with E-state index in [-0.39, 0.29) is 21.4 Å². The van der Waals surface area contributed by atoms with Crippen molar-refractivity contribution in [2.24, 2.45) is 5.92 Å².